The quantitative estimate of drug-likeness (QED) is 0.381. The van der Waals surface area contributed by atoms with Crippen LogP contribution in [0.15, 0.2) is 54.9 Å². The van der Waals surface area contributed by atoms with E-state index in [2.05, 4.69) is 26.1 Å². The lowest BCUT2D eigenvalue weighted by Gasteiger charge is -2.13. The highest BCUT2D eigenvalue weighted by Gasteiger charge is 2.24. The molecule has 10 nitrogen and oxygen atoms in total. The van der Waals surface area contributed by atoms with Crippen LogP contribution >= 0.6 is 0 Å². The number of para-hydroxylation sites is 2. The molecule has 0 aliphatic carbocycles. The van der Waals surface area contributed by atoms with Crippen molar-refractivity contribution in [3.05, 3.63) is 76.1 Å². The van der Waals surface area contributed by atoms with E-state index in [0.29, 0.717) is 11.4 Å². The number of aryl methyl sites for hydroxylation is 1. The second kappa shape index (κ2) is 9.32. The van der Waals surface area contributed by atoms with E-state index < -0.39 is 16.5 Å². The first-order valence-electron chi connectivity index (χ1n) is 9.08. The van der Waals surface area contributed by atoms with E-state index in [1.807, 2.05) is 25.1 Å². The van der Waals surface area contributed by atoms with Gasteiger partial charge in [0.1, 0.15) is 12.1 Å². The van der Waals surface area contributed by atoms with Crippen LogP contribution in [0, 0.1) is 10.1 Å². The summed E-state index contributed by atoms with van der Waals surface area (Å²) < 4.78 is 5.16. The third-order valence-electron chi connectivity index (χ3n) is 4.30. The largest absolute Gasteiger partial charge is 0.496 e. The lowest BCUT2D eigenvalue weighted by Crippen LogP contribution is -2.30. The Morgan fingerprint density at radius 1 is 1.10 bits per heavy atom. The number of rotatable bonds is 8. The third-order valence-corrected chi connectivity index (χ3v) is 4.30. The number of anilines is 3. The van der Waals surface area contributed by atoms with Gasteiger partial charge in [-0.05, 0) is 30.2 Å². The van der Waals surface area contributed by atoms with Crippen molar-refractivity contribution in [2.24, 2.45) is 0 Å². The zero-order valence-corrected chi connectivity index (χ0v) is 16.4. The minimum absolute atomic E-state index is 0.00457. The number of aromatic nitrogens is 2. The topological polar surface area (TPSA) is 131 Å². The first-order chi connectivity index (χ1) is 14.5. The molecule has 0 saturated carbocycles. The summed E-state index contributed by atoms with van der Waals surface area (Å²) in [4.78, 5) is 31.5. The number of hydrazine groups is 1. The van der Waals surface area contributed by atoms with Gasteiger partial charge in [0.15, 0.2) is 0 Å². The van der Waals surface area contributed by atoms with Crippen LogP contribution in [0.2, 0.25) is 0 Å². The number of nitrogens with one attached hydrogen (secondary N) is 3. The summed E-state index contributed by atoms with van der Waals surface area (Å²) in [6.07, 6.45) is 1.91. The Bertz CT molecular complexity index is 1070. The van der Waals surface area contributed by atoms with Gasteiger partial charge in [-0.1, -0.05) is 37.3 Å². The summed E-state index contributed by atoms with van der Waals surface area (Å²) in [5, 5.41) is 14.7. The molecule has 0 aliphatic heterocycles. The molecule has 0 fully saturated rings. The molecule has 1 aromatic heterocycles. The molecule has 3 rings (SSSR count). The molecule has 1 heterocycles. The standard InChI is InChI=1S/C20H20N6O4/c1-3-13-8-4-6-10-15(13)23-18-17(26(28)29)19(22-12-21-18)24-25-20(27)14-9-5-7-11-16(14)30-2/h4-12H,3H2,1-2H3,(H,25,27)(H2,21,22,23,24). The van der Waals surface area contributed by atoms with Gasteiger partial charge in [-0.25, -0.2) is 9.97 Å². The summed E-state index contributed by atoms with van der Waals surface area (Å²) in [7, 11) is 1.45. The van der Waals surface area contributed by atoms with Gasteiger partial charge in [0.25, 0.3) is 5.91 Å². The van der Waals surface area contributed by atoms with Crippen molar-refractivity contribution in [1.29, 1.82) is 0 Å². The highest BCUT2D eigenvalue weighted by Crippen LogP contribution is 2.32. The molecule has 0 spiro atoms. The molecule has 0 saturated heterocycles. The Balaban J connectivity index is 1.86. The molecular weight excluding hydrogens is 388 g/mol. The van der Waals surface area contributed by atoms with Crippen molar-refractivity contribution in [3.8, 4) is 5.75 Å². The first kappa shape index (κ1) is 20.5. The van der Waals surface area contributed by atoms with Crippen molar-refractivity contribution in [1.82, 2.24) is 15.4 Å². The number of nitrogens with zero attached hydrogens (tertiary/aromatic N) is 3. The number of hydrogen-bond donors (Lipinski definition) is 3. The average Bonchev–Trinajstić information content (AvgIpc) is 2.77. The van der Waals surface area contributed by atoms with E-state index in [0.717, 1.165) is 12.0 Å². The normalized spacial score (nSPS) is 10.2. The number of amides is 1. The Hall–Kier alpha value is -4.21. The molecule has 0 atom stereocenters. The molecule has 0 unspecified atom stereocenters. The van der Waals surface area contributed by atoms with Crippen LogP contribution in [0.4, 0.5) is 23.0 Å². The van der Waals surface area contributed by atoms with Crippen molar-refractivity contribution >= 4 is 28.9 Å². The molecule has 0 bridgehead atoms. The molecule has 0 radical (unpaired) electrons. The Morgan fingerprint density at radius 2 is 1.80 bits per heavy atom. The maximum absolute atomic E-state index is 12.5. The number of benzene rings is 2. The molecule has 154 valence electrons. The number of hydrogen-bond acceptors (Lipinski definition) is 8. The van der Waals surface area contributed by atoms with Gasteiger partial charge in [-0.15, -0.1) is 0 Å². The van der Waals surface area contributed by atoms with Crippen LogP contribution in [0.1, 0.15) is 22.8 Å². The van der Waals surface area contributed by atoms with Crippen molar-refractivity contribution in [2.75, 3.05) is 17.9 Å². The van der Waals surface area contributed by atoms with Crippen LogP contribution in [0.3, 0.4) is 0 Å². The van der Waals surface area contributed by atoms with E-state index in [-0.39, 0.29) is 17.2 Å². The molecule has 30 heavy (non-hydrogen) atoms. The van der Waals surface area contributed by atoms with E-state index in [9.17, 15) is 14.9 Å². The van der Waals surface area contributed by atoms with E-state index >= 15 is 0 Å². The smallest absolute Gasteiger partial charge is 0.355 e. The lowest BCUT2D eigenvalue weighted by molar-refractivity contribution is -0.383. The van der Waals surface area contributed by atoms with Gasteiger partial charge in [0.2, 0.25) is 11.6 Å². The van der Waals surface area contributed by atoms with Gasteiger partial charge in [0.05, 0.1) is 17.6 Å². The van der Waals surface area contributed by atoms with Crippen LogP contribution < -0.4 is 20.9 Å². The van der Waals surface area contributed by atoms with Crippen LogP contribution in [0.5, 0.6) is 5.75 Å². The van der Waals surface area contributed by atoms with E-state index in [1.54, 1.807) is 30.3 Å². The fourth-order valence-corrected chi connectivity index (χ4v) is 2.83. The predicted molar refractivity (Wildman–Crippen MR) is 112 cm³/mol. The second-order valence-electron chi connectivity index (χ2n) is 6.09. The summed E-state index contributed by atoms with van der Waals surface area (Å²) >= 11 is 0. The molecule has 0 aliphatic rings. The highest BCUT2D eigenvalue weighted by molar-refractivity contribution is 5.97. The molecule has 3 N–H and O–H groups in total. The Labute approximate surface area is 172 Å². The van der Waals surface area contributed by atoms with Crippen LogP contribution in [-0.2, 0) is 6.42 Å². The number of methoxy groups -OCH3 is 1. The minimum Gasteiger partial charge on any atom is -0.496 e. The maximum atomic E-state index is 12.5. The molecule has 3 aromatic rings. The fraction of sp³-hybridized carbons (Fsp3) is 0.150. The van der Waals surface area contributed by atoms with Gasteiger partial charge >= 0.3 is 5.69 Å². The molecule has 2 aromatic carbocycles. The zero-order chi connectivity index (χ0) is 21.5. The van der Waals surface area contributed by atoms with Gasteiger partial charge < -0.3 is 10.1 Å². The molecular formula is C20H20N6O4. The van der Waals surface area contributed by atoms with Gasteiger partial charge in [-0.2, -0.15) is 0 Å². The molecule has 1 amide bonds. The van der Waals surface area contributed by atoms with Gasteiger partial charge in [0, 0.05) is 5.69 Å². The Morgan fingerprint density at radius 3 is 2.53 bits per heavy atom. The second-order valence-corrected chi connectivity index (χ2v) is 6.09. The Kier molecular flexibility index (Phi) is 6.38. The molecule has 10 heteroatoms. The minimum atomic E-state index is -0.617. The van der Waals surface area contributed by atoms with E-state index in [4.69, 9.17) is 4.74 Å². The van der Waals surface area contributed by atoms with Crippen molar-refractivity contribution in [2.45, 2.75) is 13.3 Å². The van der Waals surface area contributed by atoms with Crippen molar-refractivity contribution < 1.29 is 14.5 Å². The number of nitro groups is 1. The predicted octanol–water partition coefficient (Wildman–Crippen LogP) is 3.46. The zero-order valence-electron chi connectivity index (χ0n) is 16.4. The first-order valence-corrected chi connectivity index (χ1v) is 9.08. The van der Waals surface area contributed by atoms with Gasteiger partial charge in [-0.3, -0.25) is 25.8 Å². The number of carbonyl (C=O) groups excluding carboxylic acids is 1. The number of ether oxygens (including phenoxy) is 1. The maximum Gasteiger partial charge on any atom is 0.355 e. The number of carbonyl (C=O) groups is 1. The van der Waals surface area contributed by atoms with Crippen LogP contribution in [0.25, 0.3) is 0 Å². The monoisotopic (exact) mass is 408 g/mol. The third kappa shape index (κ3) is 4.43. The summed E-state index contributed by atoms with van der Waals surface area (Å²) in [5.74, 6) is -0.321. The summed E-state index contributed by atoms with van der Waals surface area (Å²) in [6.45, 7) is 1.98. The lowest BCUT2D eigenvalue weighted by atomic mass is 10.1. The summed E-state index contributed by atoms with van der Waals surface area (Å²) in [6, 6.07) is 14.0. The highest BCUT2D eigenvalue weighted by atomic mass is 16.6. The van der Waals surface area contributed by atoms with E-state index in [1.165, 1.54) is 13.4 Å². The van der Waals surface area contributed by atoms with Crippen LogP contribution in [-0.4, -0.2) is 27.9 Å². The van der Waals surface area contributed by atoms with Crippen molar-refractivity contribution in [3.63, 3.8) is 0 Å². The SMILES string of the molecule is CCc1ccccc1Nc1ncnc(NNC(=O)c2ccccc2OC)c1[N+](=O)[O-]. The fourth-order valence-electron chi connectivity index (χ4n) is 2.83. The summed E-state index contributed by atoms with van der Waals surface area (Å²) in [5.41, 5.74) is 6.46. The average molecular weight is 408 g/mol.